The Labute approximate surface area is 126 Å². The highest BCUT2D eigenvalue weighted by Gasteiger charge is 2.21. The number of hydrogen-bond acceptors (Lipinski definition) is 2. The van der Waals surface area contributed by atoms with Crippen molar-refractivity contribution in [1.82, 2.24) is 10.2 Å². The fourth-order valence-corrected chi connectivity index (χ4v) is 2.78. The lowest BCUT2D eigenvalue weighted by atomic mass is 9.96. The van der Waals surface area contributed by atoms with Crippen LogP contribution in [0.2, 0.25) is 0 Å². The SMILES string of the molecule is CC(C)N1CCC(CNC(=O)Cc2ccc(F)cc2)CC1. The summed E-state index contributed by atoms with van der Waals surface area (Å²) in [5.74, 6) is 0.334. The number of likely N-dealkylation sites (tertiary alicyclic amines) is 1. The zero-order valence-corrected chi connectivity index (χ0v) is 12.9. The van der Waals surface area contributed by atoms with Crippen molar-refractivity contribution >= 4 is 5.91 Å². The average molecular weight is 292 g/mol. The molecule has 1 amide bonds. The summed E-state index contributed by atoms with van der Waals surface area (Å²) in [5.41, 5.74) is 0.850. The zero-order chi connectivity index (χ0) is 15.2. The van der Waals surface area contributed by atoms with E-state index in [0.717, 1.165) is 38.0 Å². The van der Waals surface area contributed by atoms with Gasteiger partial charge in [-0.2, -0.15) is 0 Å². The molecule has 0 atom stereocenters. The van der Waals surface area contributed by atoms with Gasteiger partial charge >= 0.3 is 0 Å². The minimum absolute atomic E-state index is 0.0212. The number of nitrogens with one attached hydrogen (secondary N) is 1. The first-order valence-electron chi connectivity index (χ1n) is 7.80. The molecule has 21 heavy (non-hydrogen) atoms. The summed E-state index contributed by atoms with van der Waals surface area (Å²) in [7, 11) is 0. The van der Waals surface area contributed by atoms with Gasteiger partial charge in [-0.3, -0.25) is 4.79 Å². The zero-order valence-electron chi connectivity index (χ0n) is 12.9. The minimum Gasteiger partial charge on any atom is -0.356 e. The van der Waals surface area contributed by atoms with Gasteiger partial charge in [-0.05, 0) is 63.4 Å². The third-order valence-corrected chi connectivity index (χ3v) is 4.25. The van der Waals surface area contributed by atoms with Crippen LogP contribution in [0.15, 0.2) is 24.3 Å². The smallest absolute Gasteiger partial charge is 0.224 e. The summed E-state index contributed by atoms with van der Waals surface area (Å²) in [5, 5.41) is 3.01. The molecule has 0 saturated carbocycles. The number of rotatable bonds is 5. The van der Waals surface area contributed by atoms with Crippen molar-refractivity contribution in [3.05, 3.63) is 35.6 Å². The van der Waals surface area contributed by atoms with E-state index in [0.29, 0.717) is 18.4 Å². The predicted molar refractivity (Wildman–Crippen MR) is 82.5 cm³/mol. The van der Waals surface area contributed by atoms with Gasteiger partial charge in [0, 0.05) is 12.6 Å². The van der Waals surface area contributed by atoms with Crippen molar-refractivity contribution < 1.29 is 9.18 Å². The Morgan fingerprint density at radius 2 is 1.90 bits per heavy atom. The molecule has 4 heteroatoms. The number of halogens is 1. The van der Waals surface area contributed by atoms with E-state index < -0.39 is 0 Å². The van der Waals surface area contributed by atoms with Gasteiger partial charge in [0.2, 0.25) is 5.91 Å². The summed E-state index contributed by atoms with van der Waals surface area (Å²) in [6, 6.07) is 6.72. The maximum atomic E-state index is 12.8. The number of carbonyl (C=O) groups is 1. The molecule has 1 fully saturated rings. The van der Waals surface area contributed by atoms with Crippen LogP contribution in [0.1, 0.15) is 32.3 Å². The average Bonchev–Trinajstić information content (AvgIpc) is 2.48. The second-order valence-electron chi connectivity index (χ2n) is 6.18. The van der Waals surface area contributed by atoms with E-state index in [1.807, 2.05) is 0 Å². The third kappa shape index (κ3) is 5.12. The minimum atomic E-state index is -0.268. The number of nitrogens with zero attached hydrogens (tertiary/aromatic N) is 1. The molecule has 0 unspecified atom stereocenters. The van der Waals surface area contributed by atoms with Gasteiger partial charge in [-0.1, -0.05) is 12.1 Å². The van der Waals surface area contributed by atoms with E-state index in [1.54, 1.807) is 12.1 Å². The van der Waals surface area contributed by atoms with Gasteiger partial charge in [0.15, 0.2) is 0 Å². The maximum Gasteiger partial charge on any atom is 0.224 e. The van der Waals surface area contributed by atoms with Crippen LogP contribution in [0.5, 0.6) is 0 Å². The Morgan fingerprint density at radius 1 is 1.29 bits per heavy atom. The molecular weight excluding hydrogens is 267 g/mol. The van der Waals surface area contributed by atoms with E-state index >= 15 is 0 Å². The molecule has 0 aromatic heterocycles. The highest BCUT2D eigenvalue weighted by molar-refractivity contribution is 5.78. The molecule has 1 saturated heterocycles. The summed E-state index contributed by atoms with van der Waals surface area (Å²) in [6.45, 7) is 7.45. The van der Waals surface area contributed by atoms with Crippen LogP contribution in [0.3, 0.4) is 0 Å². The summed E-state index contributed by atoms with van der Waals surface area (Å²) in [6.07, 6.45) is 2.62. The highest BCUT2D eigenvalue weighted by Crippen LogP contribution is 2.18. The number of amides is 1. The second-order valence-corrected chi connectivity index (χ2v) is 6.18. The van der Waals surface area contributed by atoms with Crippen molar-refractivity contribution in [2.24, 2.45) is 5.92 Å². The van der Waals surface area contributed by atoms with Crippen LogP contribution in [0.4, 0.5) is 4.39 Å². The number of piperidine rings is 1. The normalized spacial score (nSPS) is 17.1. The lowest BCUT2D eigenvalue weighted by Gasteiger charge is -2.34. The summed E-state index contributed by atoms with van der Waals surface area (Å²) < 4.78 is 12.8. The molecule has 3 nitrogen and oxygen atoms in total. The van der Waals surface area contributed by atoms with E-state index in [9.17, 15) is 9.18 Å². The largest absolute Gasteiger partial charge is 0.356 e. The van der Waals surface area contributed by atoms with Crippen LogP contribution in [-0.4, -0.2) is 36.5 Å². The number of carbonyl (C=O) groups excluding carboxylic acids is 1. The van der Waals surface area contributed by atoms with Crippen molar-refractivity contribution in [2.45, 2.75) is 39.2 Å². The van der Waals surface area contributed by atoms with Gasteiger partial charge in [0.1, 0.15) is 5.82 Å². The molecule has 2 rings (SSSR count). The van der Waals surface area contributed by atoms with E-state index in [4.69, 9.17) is 0 Å². The van der Waals surface area contributed by atoms with E-state index in [2.05, 4.69) is 24.1 Å². The number of hydrogen-bond donors (Lipinski definition) is 1. The van der Waals surface area contributed by atoms with Crippen LogP contribution >= 0.6 is 0 Å². The first-order chi connectivity index (χ1) is 10.0. The molecule has 0 spiro atoms. The summed E-state index contributed by atoms with van der Waals surface area (Å²) >= 11 is 0. The molecule has 0 aliphatic carbocycles. The first-order valence-corrected chi connectivity index (χ1v) is 7.80. The fourth-order valence-electron chi connectivity index (χ4n) is 2.78. The van der Waals surface area contributed by atoms with Gasteiger partial charge in [-0.15, -0.1) is 0 Å². The molecule has 116 valence electrons. The standard InChI is InChI=1S/C17H25FN2O/c1-13(2)20-9-7-15(8-10-20)12-19-17(21)11-14-3-5-16(18)6-4-14/h3-6,13,15H,7-12H2,1-2H3,(H,19,21). The van der Waals surface area contributed by atoms with Crippen LogP contribution < -0.4 is 5.32 Å². The second kappa shape index (κ2) is 7.55. The van der Waals surface area contributed by atoms with Crippen LogP contribution in [-0.2, 0) is 11.2 Å². The van der Waals surface area contributed by atoms with Crippen molar-refractivity contribution in [3.8, 4) is 0 Å². The Balaban J connectivity index is 1.69. The van der Waals surface area contributed by atoms with Crippen molar-refractivity contribution in [2.75, 3.05) is 19.6 Å². The van der Waals surface area contributed by atoms with Gasteiger partial charge in [0.25, 0.3) is 0 Å². The topological polar surface area (TPSA) is 32.3 Å². The predicted octanol–water partition coefficient (Wildman–Crippen LogP) is 2.60. The van der Waals surface area contributed by atoms with E-state index in [1.165, 1.54) is 12.1 Å². The quantitative estimate of drug-likeness (QED) is 0.905. The Kier molecular flexibility index (Phi) is 5.74. The molecule has 1 aromatic carbocycles. The molecule has 1 heterocycles. The molecule has 1 N–H and O–H groups in total. The van der Waals surface area contributed by atoms with E-state index in [-0.39, 0.29) is 11.7 Å². The van der Waals surface area contributed by atoms with Gasteiger partial charge in [0.05, 0.1) is 6.42 Å². The van der Waals surface area contributed by atoms with Crippen molar-refractivity contribution in [1.29, 1.82) is 0 Å². The maximum absolute atomic E-state index is 12.8. The lowest BCUT2D eigenvalue weighted by Crippen LogP contribution is -2.41. The molecular formula is C17H25FN2O. The molecule has 0 radical (unpaired) electrons. The number of benzene rings is 1. The highest BCUT2D eigenvalue weighted by atomic mass is 19.1. The Morgan fingerprint density at radius 3 is 2.48 bits per heavy atom. The van der Waals surface area contributed by atoms with Crippen LogP contribution in [0, 0.1) is 11.7 Å². The van der Waals surface area contributed by atoms with Crippen LogP contribution in [0.25, 0.3) is 0 Å². The third-order valence-electron chi connectivity index (χ3n) is 4.25. The summed E-state index contributed by atoms with van der Waals surface area (Å²) in [4.78, 5) is 14.4. The molecule has 0 bridgehead atoms. The fraction of sp³-hybridized carbons (Fsp3) is 0.588. The molecule has 1 aliphatic heterocycles. The molecule has 1 aliphatic rings. The first kappa shape index (κ1) is 16.0. The monoisotopic (exact) mass is 292 g/mol. The lowest BCUT2D eigenvalue weighted by molar-refractivity contribution is -0.120. The Hall–Kier alpha value is -1.42. The Bertz CT molecular complexity index is 450. The van der Waals surface area contributed by atoms with Gasteiger partial charge < -0.3 is 10.2 Å². The molecule has 1 aromatic rings. The van der Waals surface area contributed by atoms with Crippen molar-refractivity contribution in [3.63, 3.8) is 0 Å². The van der Waals surface area contributed by atoms with Gasteiger partial charge in [-0.25, -0.2) is 4.39 Å².